The Balaban J connectivity index is 2.40. The van der Waals surface area contributed by atoms with E-state index in [9.17, 15) is 4.39 Å². The van der Waals surface area contributed by atoms with E-state index in [1.165, 1.54) is 5.56 Å². The van der Waals surface area contributed by atoms with Gasteiger partial charge in [0.2, 0.25) is 0 Å². The Hall–Kier alpha value is -0.890. The number of aryl methyl sites for hydroxylation is 2. The van der Waals surface area contributed by atoms with Crippen molar-refractivity contribution in [2.45, 2.75) is 53.0 Å². The molecule has 1 aromatic carbocycles. The summed E-state index contributed by atoms with van der Waals surface area (Å²) in [6.07, 6.45) is 2.16. The SMILES string of the molecule is Cc1cc(F)ccc1CCC(C)CNC(C)(C)C. The first kappa shape index (κ1) is 15.2. The molecule has 1 atom stereocenters. The van der Waals surface area contributed by atoms with Crippen LogP contribution < -0.4 is 5.32 Å². The van der Waals surface area contributed by atoms with Gasteiger partial charge in [0.15, 0.2) is 0 Å². The molecule has 2 heteroatoms. The van der Waals surface area contributed by atoms with Crippen molar-refractivity contribution < 1.29 is 4.39 Å². The molecule has 1 aromatic rings. The Bertz CT molecular complexity index is 379. The van der Waals surface area contributed by atoms with Crippen molar-refractivity contribution in [3.05, 3.63) is 35.1 Å². The van der Waals surface area contributed by atoms with Gasteiger partial charge in [-0.15, -0.1) is 0 Å². The Morgan fingerprint density at radius 1 is 1.28 bits per heavy atom. The van der Waals surface area contributed by atoms with Crippen LogP contribution in [0.5, 0.6) is 0 Å². The van der Waals surface area contributed by atoms with E-state index in [0.717, 1.165) is 24.9 Å². The fourth-order valence-corrected chi connectivity index (χ4v) is 1.92. The lowest BCUT2D eigenvalue weighted by Gasteiger charge is -2.23. The molecular formula is C16H26FN. The summed E-state index contributed by atoms with van der Waals surface area (Å²) in [7, 11) is 0. The number of hydrogen-bond acceptors (Lipinski definition) is 1. The molecule has 1 nitrogen and oxygen atoms in total. The second kappa shape index (κ2) is 6.33. The summed E-state index contributed by atoms with van der Waals surface area (Å²) >= 11 is 0. The van der Waals surface area contributed by atoms with Crippen LogP contribution in [0.15, 0.2) is 18.2 Å². The van der Waals surface area contributed by atoms with E-state index < -0.39 is 0 Å². The molecule has 0 heterocycles. The standard InChI is InChI=1S/C16H26FN/c1-12(11-18-16(3,4)5)6-7-14-8-9-15(17)10-13(14)2/h8-10,12,18H,6-7,11H2,1-5H3. The van der Waals surface area contributed by atoms with Crippen LogP contribution >= 0.6 is 0 Å². The second-order valence-electron chi connectivity index (χ2n) is 6.35. The minimum atomic E-state index is -0.140. The minimum Gasteiger partial charge on any atom is -0.312 e. The molecule has 0 aromatic heterocycles. The molecule has 0 aliphatic carbocycles. The molecule has 1 rings (SSSR count). The minimum absolute atomic E-state index is 0.140. The highest BCUT2D eigenvalue weighted by Gasteiger charge is 2.11. The molecule has 0 radical (unpaired) electrons. The summed E-state index contributed by atoms with van der Waals surface area (Å²) in [4.78, 5) is 0. The van der Waals surface area contributed by atoms with Gasteiger partial charge in [0.1, 0.15) is 5.82 Å². The van der Waals surface area contributed by atoms with E-state index in [4.69, 9.17) is 0 Å². The zero-order chi connectivity index (χ0) is 13.8. The highest BCUT2D eigenvalue weighted by atomic mass is 19.1. The summed E-state index contributed by atoms with van der Waals surface area (Å²) in [6.45, 7) is 11.8. The Labute approximate surface area is 111 Å². The van der Waals surface area contributed by atoms with Gasteiger partial charge >= 0.3 is 0 Å². The number of rotatable bonds is 5. The van der Waals surface area contributed by atoms with Crippen molar-refractivity contribution >= 4 is 0 Å². The van der Waals surface area contributed by atoms with E-state index in [1.54, 1.807) is 12.1 Å². The highest BCUT2D eigenvalue weighted by molar-refractivity contribution is 5.26. The summed E-state index contributed by atoms with van der Waals surface area (Å²) in [5.74, 6) is 0.493. The van der Waals surface area contributed by atoms with Crippen molar-refractivity contribution in [1.82, 2.24) is 5.32 Å². The zero-order valence-corrected chi connectivity index (χ0v) is 12.3. The van der Waals surface area contributed by atoms with E-state index in [0.29, 0.717) is 5.92 Å². The molecule has 0 aliphatic heterocycles. The van der Waals surface area contributed by atoms with E-state index in [2.05, 4.69) is 33.0 Å². The predicted molar refractivity (Wildman–Crippen MR) is 76.4 cm³/mol. The monoisotopic (exact) mass is 251 g/mol. The molecule has 0 bridgehead atoms. The van der Waals surface area contributed by atoms with E-state index in [-0.39, 0.29) is 11.4 Å². The maximum Gasteiger partial charge on any atom is 0.123 e. The summed E-state index contributed by atoms with van der Waals surface area (Å²) in [5, 5.41) is 3.52. The van der Waals surface area contributed by atoms with Gasteiger partial charge < -0.3 is 5.32 Å². The van der Waals surface area contributed by atoms with Crippen LogP contribution in [-0.4, -0.2) is 12.1 Å². The average molecular weight is 251 g/mol. The van der Waals surface area contributed by atoms with Crippen molar-refractivity contribution in [3.8, 4) is 0 Å². The topological polar surface area (TPSA) is 12.0 Å². The van der Waals surface area contributed by atoms with Crippen LogP contribution in [0.25, 0.3) is 0 Å². The Morgan fingerprint density at radius 2 is 1.94 bits per heavy atom. The molecule has 0 saturated heterocycles. The fraction of sp³-hybridized carbons (Fsp3) is 0.625. The van der Waals surface area contributed by atoms with Crippen LogP contribution in [0.1, 0.15) is 45.2 Å². The molecule has 0 fully saturated rings. The first-order valence-corrected chi connectivity index (χ1v) is 6.78. The highest BCUT2D eigenvalue weighted by Crippen LogP contribution is 2.15. The van der Waals surface area contributed by atoms with Crippen LogP contribution in [0.2, 0.25) is 0 Å². The quantitative estimate of drug-likeness (QED) is 0.831. The van der Waals surface area contributed by atoms with Crippen LogP contribution in [0.4, 0.5) is 4.39 Å². The van der Waals surface area contributed by atoms with Crippen LogP contribution in [0.3, 0.4) is 0 Å². The van der Waals surface area contributed by atoms with E-state index in [1.807, 2.05) is 13.0 Å². The molecule has 102 valence electrons. The zero-order valence-electron chi connectivity index (χ0n) is 12.3. The summed E-state index contributed by atoms with van der Waals surface area (Å²) < 4.78 is 13.0. The Morgan fingerprint density at radius 3 is 2.50 bits per heavy atom. The van der Waals surface area contributed by atoms with Gasteiger partial charge in [0.25, 0.3) is 0 Å². The lowest BCUT2D eigenvalue weighted by molar-refractivity contribution is 0.372. The molecule has 0 amide bonds. The van der Waals surface area contributed by atoms with Crippen molar-refractivity contribution in [2.24, 2.45) is 5.92 Å². The van der Waals surface area contributed by atoms with Crippen LogP contribution in [-0.2, 0) is 6.42 Å². The van der Waals surface area contributed by atoms with Crippen LogP contribution in [0, 0.1) is 18.7 Å². The maximum absolute atomic E-state index is 13.0. The van der Waals surface area contributed by atoms with Crippen molar-refractivity contribution in [3.63, 3.8) is 0 Å². The van der Waals surface area contributed by atoms with Gasteiger partial charge in [-0.3, -0.25) is 0 Å². The molecule has 0 spiro atoms. The predicted octanol–water partition coefficient (Wildman–Crippen LogP) is 4.09. The normalized spacial score (nSPS) is 13.7. The lowest BCUT2D eigenvalue weighted by atomic mass is 9.97. The average Bonchev–Trinajstić information content (AvgIpc) is 2.24. The second-order valence-corrected chi connectivity index (χ2v) is 6.35. The molecular weight excluding hydrogens is 225 g/mol. The van der Waals surface area contributed by atoms with Gasteiger partial charge in [-0.05, 0) is 76.3 Å². The molecule has 1 unspecified atom stereocenters. The van der Waals surface area contributed by atoms with Crippen molar-refractivity contribution in [1.29, 1.82) is 0 Å². The summed E-state index contributed by atoms with van der Waals surface area (Å²) in [5.41, 5.74) is 2.50. The maximum atomic E-state index is 13.0. The fourth-order valence-electron chi connectivity index (χ4n) is 1.92. The van der Waals surface area contributed by atoms with Crippen molar-refractivity contribution in [2.75, 3.05) is 6.54 Å². The number of nitrogens with one attached hydrogen (secondary N) is 1. The number of halogens is 1. The van der Waals surface area contributed by atoms with Gasteiger partial charge in [-0.25, -0.2) is 4.39 Å². The largest absolute Gasteiger partial charge is 0.312 e. The molecule has 18 heavy (non-hydrogen) atoms. The van der Waals surface area contributed by atoms with E-state index >= 15 is 0 Å². The first-order valence-electron chi connectivity index (χ1n) is 6.78. The van der Waals surface area contributed by atoms with Gasteiger partial charge in [-0.1, -0.05) is 13.0 Å². The number of hydrogen-bond donors (Lipinski definition) is 1. The number of benzene rings is 1. The molecule has 0 saturated carbocycles. The van der Waals surface area contributed by atoms with Gasteiger partial charge in [0, 0.05) is 5.54 Å². The lowest BCUT2D eigenvalue weighted by Crippen LogP contribution is -2.38. The first-order chi connectivity index (χ1) is 8.28. The van der Waals surface area contributed by atoms with Gasteiger partial charge in [0.05, 0.1) is 0 Å². The Kier molecular flexibility index (Phi) is 5.33. The smallest absolute Gasteiger partial charge is 0.123 e. The third-order valence-corrected chi connectivity index (χ3v) is 3.19. The van der Waals surface area contributed by atoms with Gasteiger partial charge in [-0.2, -0.15) is 0 Å². The summed E-state index contributed by atoms with van der Waals surface area (Å²) in [6, 6.07) is 5.09. The molecule has 0 aliphatic rings. The molecule has 1 N–H and O–H groups in total. The third kappa shape index (κ3) is 5.63. The third-order valence-electron chi connectivity index (χ3n) is 3.19.